The maximum atomic E-state index is 14.0. The quantitative estimate of drug-likeness (QED) is 0.909. The molecule has 0 bridgehead atoms. The SMILES string of the molecule is CCC1(CC)CNC(C)CN1Cc1c(F)cccc1Cl. The molecule has 1 aromatic carbocycles. The molecule has 1 aromatic rings. The van der Waals surface area contributed by atoms with E-state index in [9.17, 15) is 4.39 Å². The predicted octanol–water partition coefficient (Wildman–Crippen LogP) is 3.83. The summed E-state index contributed by atoms with van der Waals surface area (Å²) < 4.78 is 14.0. The third kappa shape index (κ3) is 3.00. The molecule has 1 unspecified atom stereocenters. The third-order valence-electron chi connectivity index (χ3n) is 4.67. The predicted molar refractivity (Wildman–Crippen MR) is 82.6 cm³/mol. The fraction of sp³-hybridized carbons (Fsp3) is 0.625. The molecule has 1 N–H and O–H groups in total. The molecule has 1 atom stereocenters. The highest BCUT2D eigenvalue weighted by molar-refractivity contribution is 6.31. The van der Waals surface area contributed by atoms with Gasteiger partial charge in [0.15, 0.2) is 0 Å². The zero-order chi connectivity index (χ0) is 14.8. The van der Waals surface area contributed by atoms with E-state index in [1.165, 1.54) is 6.07 Å². The van der Waals surface area contributed by atoms with Gasteiger partial charge < -0.3 is 5.32 Å². The van der Waals surface area contributed by atoms with Crippen LogP contribution in [0.4, 0.5) is 4.39 Å². The van der Waals surface area contributed by atoms with Gasteiger partial charge in [-0.25, -0.2) is 4.39 Å². The van der Waals surface area contributed by atoms with Gasteiger partial charge in [0.1, 0.15) is 5.82 Å². The number of hydrogen-bond donors (Lipinski definition) is 1. The van der Waals surface area contributed by atoms with Crippen molar-refractivity contribution in [1.82, 2.24) is 10.2 Å². The van der Waals surface area contributed by atoms with Crippen molar-refractivity contribution in [3.8, 4) is 0 Å². The van der Waals surface area contributed by atoms with E-state index in [4.69, 9.17) is 11.6 Å². The number of nitrogens with one attached hydrogen (secondary N) is 1. The van der Waals surface area contributed by atoms with Gasteiger partial charge in [-0.15, -0.1) is 0 Å². The first-order valence-corrected chi connectivity index (χ1v) is 7.81. The summed E-state index contributed by atoms with van der Waals surface area (Å²) in [5.74, 6) is -0.204. The van der Waals surface area contributed by atoms with Crippen molar-refractivity contribution in [3.05, 3.63) is 34.6 Å². The normalized spacial score (nSPS) is 22.9. The second-order valence-corrected chi connectivity index (χ2v) is 6.20. The minimum absolute atomic E-state index is 0.0954. The molecule has 1 heterocycles. The fourth-order valence-corrected chi connectivity index (χ4v) is 3.34. The van der Waals surface area contributed by atoms with Gasteiger partial charge in [0.05, 0.1) is 0 Å². The molecule has 112 valence electrons. The Morgan fingerprint density at radius 3 is 2.70 bits per heavy atom. The van der Waals surface area contributed by atoms with Crippen LogP contribution in [0.1, 0.15) is 39.2 Å². The molecular formula is C16H24ClFN2. The van der Waals surface area contributed by atoms with Crippen LogP contribution in [0.5, 0.6) is 0 Å². The zero-order valence-electron chi connectivity index (χ0n) is 12.5. The van der Waals surface area contributed by atoms with Gasteiger partial charge in [0, 0.05) is 41.8 Å². The number of rotatable bonds is 4. The van der Waals surface area contributed by atoms with Gasteiger partial charge in [-0.3, -0.25) is 4.90 Å². The lowest BCUT2D eigenvalue weighted by molar-refractivity contribution is 0.0270. The Labute approximate surface area is 126 Å². The largest absolute Gasteiger partial charge is 0.311 e. The molecule has 1 aliphatic rings. The number of halogens is 2. The van der Waals surface area contributed by atoms with Gasteiger partial charge in [0.2, 0.25) is 0 Å². The smallest absolute Gasteiger partial charge is 0.129 e. The highest BCUT2D eigenvalue weighted by Gasteiger charge is 2.38. The van der Waals surface area contributed by atoms with Crippen LogP contribution in [0.15, 0.2) is 18.2 Å². The molecule has 1 fully saturated rings. The first kappa shape index (κ1) is 15.7. The molecular weight excluding hydrogens is 275 g/mol. The highest BCUT2D eigenvalue weighted by atomic mass is 35.5. The molecule has 2 nitrogen and oxygen atoms in total. The van der Waals surface area contributed by atoms with E-state index in [0.29, 0.717) is 23.2 Å². The number of hydrogen-bond acceptors (Lipinski definition) is 2. The Morgan fingerprint density at radius 2 is 2.10 bits per heavy atom. The van der Waals surface area contributed by atoms with E-state index in [1.54, 1.807) is 12.1 Å². The molecule has 2 rings (SSSR count). The van der Waals surface area contributed by atoms with Gasteiger partial charge in [0.25, 0.3) is 0 Å². The van der Waals surface area contributed by atoms with Crippen LogP contribution in [0, 0.1) is 5.82 Å². The molecule has 0 aromatic heterocycles. The van der Waals surface area contributed by atoms with Crippen LogP contribution in [0.2, 0.25) is 5.02 Å². The standard InChI is InChI=1S/C16H24ClFN2/c1-4-16(5-2)11-19-12(3)9-20(16)10-13-14(17)7-6-8-15(13)18/h6-8,12,19H,4-5,9-11H2,1-3H3. The van der Waals surface area contributed by atoms with Crippen LogP contribution in [0.25, 0.3) is 0 Å². The molecule has 0 amide bonds. The lowest BCUT2D eigenvalue weighted by atomic mass is 9.87. The Morgan fingerprint density at radius 1 is 1.40 bits per heavy atom. The molecule has 0 radical (unpaired) electrons. The Kier molecular flexibility index (Phi) is 5.05. The lowest BCUT2D eigenvalue weighted by Crippen LogP contribution is -2.63. The maximum absolute atomic E-state index is 14.0. The summed E-state index contributed by atoms with van der Waals surface area (Å²) in [6, 6.07) is 5.35. The van der Waals surface area contributed by atoms with Crippen molar-refractivity contribution in [2.24, 2.45) is 0 Å². The van der Waals surface area contributed by atoms with E-state index < -0.39 is 0 Å². The molecule has 0 spiro atoms. The van der Waals surface area contributed by atoms with Gasteiger partial charge in [-0.2, -0.15) is 0 Å². The lowest BCUT2D eigenvalue weighted by Gasteiger charge is -2.49. The molecule has 0 saturated carbocycles. The molecule has 20 heavy (non-hydrogen) atoms. The average Bonchev–Trinajstić information content (AvgIpc) is 2.44. The topological polar surface area (TPSA) is 15.3 Å². The van der Waals surface area contributed by atoms with Crippen molar-refractivity contribution in [1.29, 1.82) is 0 Å². The van der Waals surface area contributed by atoms with Crippen LogP contribution in [-0.4, -0.2) is 29.6 Å². The average molecular weight is 299 g/mol. The summed E-state index contributed by atoms with van der Waals surface area (Å²) in [5, 5.41) is 4.08. The monoisotopic (exact) mass is 298 g/mol. The van der Waals surface area contributed by atoms with E-state index in [0.717, 1.165) is 25.9 Å². The van der Waals surface area contributed by atoms with E-state index >= 15 is 0 Å². The highest BCUT2D eigenvalue weighted by Crippen LogP contribution is 2.31. The molecule has 0 aliphatic carbocycles. The number of benzene rings is 1. The summed E-state index contributed by atoms with van der Waals surface area (Å²) in [7, 11) is 0. The molecule has 1 saturated heterocycles. The van der Waals surface area contributed by atoms with E-state index in [2.05, 4.69) is 31.0 Å². The van der Waals surface area contributed by atoms with Crippen molar-refractivity contribution in [2.45, 2.75) is 51.7 Å². The summed E-state index contributed by atoms with van der Waals surface area (Å²) in [4.78, 5) is 2.40. The maximum Gasteiger partial charge on any atom is 0.129 e. The van der Waals surface area contributed by atoms with E-state index in [1.807, 2.05) is 0 Å². The second-order valence-electron chi connectivity index (χ2n) is 5.79. The number of nitrogens with zero attached hydrogens (tertiary/aromatic N) is 1. The van der Waals surface area contributed by atoms with Crippen LogP contribution < -0.4 is 5.32 Å². The first-order valence-electron chi connectivity index (χ1n) is 7.43. The summed E-state index contributed by atoms with van der Waals surface area (Å²) in [6.45, 7) is 9.04. The molecule has 4 heteroatoms. The Balaban J connectivity index is 2.28. The van der Waals surface area contributed by atoms with Crippen molar-refractivity contribution >= 4 is 11.6 Å². The van der Waals surface area contributed by atoms with E-state index in [-0.39, 0.29) is 11.4 Å². The summed E-state index contributed by atoms with van der Waals surface area (Å²) in [5.41, 5.74) is 0.715. The number of piperazine rings is 1. The summed E-state index contributed by atoms with van der Waals surface area (Å²) >= 11 is 6.18. The minimum atomic E-state index is -0.204. The van der Waals surface area contributed by atoms with Crippen molar-refractivity contribution in [3.63, 3.8) is 0 Å². The van der Waals surface area contributed by atoms with Crippen molar-refractivity contribution < 1.29 is 4.39 Å². The zero-order valence-corrected chi connectivity index (χ0v) is 13.3. The van der Waals surface area contributed by atoms with Gasteiger partial charge >= 0.3 is 0 Å². The van der Waals surface area contributed by atoms with Gasteiger partial charge in [-0.1, -0.05) is 31.5 Å². The fourth-order valence-electron chi connectivity index (χ4n) is 3.12. The Bertz CT molecular complexity index is 440. The van der Waals surface area contributed by atoms with Crippen LogP contribution >= 0.6 is 11.6 Å². The first-order chi connectivity index (χ1) is 9.52. The summed E-state index contributed by atoms with van der Waals surface area (Å²) in [6.07, 6.45) is 2.10. The van der Waals surface area contributed by atoms with Crippen molar-refractivity contribution in [2.75, 3.05) is 13.1 Å². The Hall–Kier alpha value is -0.640. The van der Waals surface area contributed by atoms with Crippen LogP contribution in [-0.2, 0) is 6.54 Å². The van der Waals surface area contributed by atoms with Gasteiger partial charge in [-0.05, 0) is 31.9 Å². The minimum Gasteiger partial charge on any atom is -0.311 e. The molecule has 1 aliphatic heterocycles. The second kappa shape index (κ2) is 6.42. The third-order valence-corrected chi connectivity index (χ3v) is 5.03. The van der Waals surface area contributed by atoms with Crippen LogP contribution in [0.3, 0.4) is 0 Å².